The van der Waals surface area contributed by atoms with E-state index in [1.165, 1.54) is 0 Å². The van der Waals surface area contributed by atoms with Crippen molar-refractivity contribution in [3.05, 3.63) is 64.9 Å². The first-order valence-electron chi connectivity index (χ1n) is 10.5. The second-order valence-electron chi connectivity index (χ2n) is 7.62. The normalized spacial score (nSPS) is 16.2. The van der Waals surface area contributed by atoms with Crippen molar-refractivity contribution in [2.45, 2.75) is 20.0 Å². The number of carbonyl (C=O) groups excluding carboxylic acids is 2. The number of nitrogens with zero attached hydrogens (tertiary/aromatic N) is 4. The van der Waals surface area contributed by atoms with Gasteiger partial charge in [-0.25, -0.2) is 15.0 Å². The van der Waals surface area contributed by atoms with Crippen molar-refractivity contribution in [2.24, 2.45) is 0 Å². The predicted molar refractivity (Wildman–Crippen MR) is 117 cm³/mol. The van der Waals surface area contributed by atoms with Crippen molar-refractivity contribution < 1.29 is 19.4 Å². The van der Waals surface area contributed by atoms with Crippen molar-refractivity contribution in [3.8, 4) is 0 Å². The quantitative estimate of drug-likeness (QED) is 0.625. The molecule has 166 valence electrons. The van der Waals surface area contributed by atoms with Crippen LogP contribution in [0.2, 0.25) is 0 Å². The van der Waals surface area contributed by atoms with Gasteiger partial charge in [0, 0.05) is 24.7 Å². The van der Waals surface area contributed by atoms with Crippen LogP contribution < -0.4 is 5.32 Å². The van der Waals surface area contributed by atoms with Gasteiger partial charge < -0.3 is 20.1 Å². The lowest BCUT2D eigenvalue weighted by molar-refractivity contribution is -0.0246. The number of carbonyl (C=O) groups is 2. The molecular weight excluding hydrogens is 410 g/mol. The van der Waals surface area contributed by atoms with E-state index in [4.69, 9.17) is 14.8 Å². The number of ether oxygens (including phenoxy) is 1. The zero-order valence-corrected chi connectivity index (χ0v) is 18.0. The number of nitrogens with one attached hydrogen (secondary N) is 1. The maximum Gasteiger partial charge on any atom is 0.257 e. The smallest absolute Gasteiger partial charge is 0.257 e. The van der Waals surface area contributed by atoms with Gasteiger partial charge in [0.05, 0.1) is 47.8 Å². The minimum absolute atomic E-state index is 0.146. The lowest BCUT2D eigenvalue weighted by Gasteiger charge is -2.33. The highest BCUT2D eigenvalue weighted by Crippen LogP contribution is 2.27. The van der Waals surface area contributed by atoms with Crippen LogP contribution in [0, 0.1) is 13.8 Å². The first-order chi connectivity index (χ1) is 15.5. The molecule has 1 aliphatic rings. The average Bonchev–Trinajstić information content (AvgIpc) is 2.81. The Kier molecular flexibility index (Phi) is 6.38. The molecule has 0 unspecified atom stereocenters. The Hall–Kier alpha value is -3.43. The van der Waals surface area contributed by atoms with Gasteiger partial charge in [-0.15, -0.1) is 0 Å². The summed E-state index contributed by atoms with van der Waals surface area (Å²) in [5, 5.41) is 12.5. The summed E-state index contributed by atoms with van der Waals surface area (Å²) in [6.07, 6.45) is 1.08. The third-order valence-electron chi connectivity index (χ3n) is 5.39. The number of aryl methyl sites for hydroxylation is 2. The van der Waals surface area contributed by atoms with E-state index in [1.54, 1.807) is 31.0 Å². The number of benzene rings is 1. The summed E-state index contributed by atoms with van der Waals surface area (Å²) in [6, 6.07) is 9.06. The highest BCUT2D eigenvalue weighted by atomic mass is 16.5. The lowest BCUT2D eigenvalue weighted by atomic mass is 10.0. The zero-order valence-electron chi connectivity index (χ0n) is 18.0. The molecule has 1 fully saturated rings. The van der Waals surface area contributed by atoms with Crippen molar-refractivity contribution in [1.29, 1.82) is 0 Å². The van der Waals surface area contributed by atoms with Crippen LogP contribution >= 0.6 is 0 Å². The predicted octanol–water partition coefficient (Wildman–Crippen LogP) is 1.58. The van der Waals surface area contributed by atoms with E-state index in [0.717, 1.165) is 0 Å². The summed E-state index contributed by atoms with van der Waals surface area (Å²) < 4.78 is 5.94. The van der Waals surface area contributed by atoms with Gasteiger partial charge in [0.25, 0.3) is 11.8 Å². The van der Waals surface area contributed by atoms with Crippen LogP contribution in [0.5, 0.6) is 0 Å². The molecule has 9 nitrogen and oxygen atoms in total. The van der Waals surface area contributed by atoms with Crippen molar-refractivity contribution in [2.75, 3.05) is 32.8 Å². The van der Waals surface area contributed by atoms with E-state index in [9.17, 15) is 9.59 Å². The van der Waals surface area contributed by atoms with E-state index < -0.39 is 6.10 Å². The molecule has 0 bridgehead atoms. The number of aliphatic hydroxyl groups is 1. The van der Waals surface area contributed by atoms with Crippen LogP contribution in [-0.2, 0) is 4.74 Å². The molecule has 2 amide bonds. The standard InChI is InChI=1S/C23H25N5O4/c1-14-18(12-25-15(2)26-14)23(31)28-8-10-32-21(13-28)20-11-17(22(30)24-7-9-29)16-5-3-4-6-19(16)27-20/h3-6,11-12,21,29H,7-10,13H2,1-2H3,(H,24,30)/t21-/m0/s1. The Morgan fingerprint density at radius 3 is 2.81 bits per heavy atom. The molecule has 1 saturated heterocycles. The van der Waals surface area contributed by atoms with E-state index >= 15 is 0 Å². The van der Waals surface area contributed by atoms with Crippen molar-refractivity contribution in [3.63, 3.8) is 0 Å². The van der Waals surface area contributed by atoms with Gasteiger partial charge in [-0.2, -0.15) is 0 Å². The van der Waals surface area contributed by atoms with Crippen molar-refractivity contribution >= 4 is 22.7 Å². The van der Waals surface area contributed by atoms with Crippen LogP contribution in [0.25, 0.3) is 10.9 Å². The highest BCUT2D eigenvalue weighted by molar-refractivity contribution is 6.06. The number of hydrogen-bond donors (Lipinski definition) is 2. The topological polar surface area (TPSA) is 118 Å². The number of aromatic nitrogens is 3. The number of para-hydroxylation sites is 1. The summed E-state index contributed by atoms with van der Waals surface area (Å²) >= 11 is 0. The van der Waals surface area contributed by atoms with E-state index in [2.05, 4.69) is 15.3 Å². The van der Waals surface area contributed by atoms with Crippen LogP contribution in [0.15, 0.2) is 36.5 Å². The maximum absolute atomic E-state index is 13.1. The van der Waals surface area contributed by atoms with Crippen LogP contribution in [0.4, 0.5) is 0 Å². The van der Waals surface area contributed by atoms with Crippen molar-refractivity contribution in [1.82, 2.24) is 25.2 Å². The number of amides is 2. The van der Waals surface area contributed by atoms with Gasteiger partial charge in [-0.1, -0.05) is 18.2 Å². The largest absolute Gasteiger partial charge is 0.395 e. The Morgan fingerprint density at radius 1 is 1.22 bits per heavy atom. The Balaban J connectivity index is 1.63. The monoisotopic (exact) mass is 435 g/mol. The fraction of sp³-hybridized carbons (Fsp3) is 0.348. The van der Waals surface area contributed by atoms with E-state index in [1.807, 2.05) is 24.3 Å². The summed E-state index contributed by atoms with van der Waals surface area (Å²) in [4.78, 5) is 40.7. The summed E-state index contributed by atoms with van der Waals surface area (Å²) in [5.74, 6) is 0.166. The second kappa shape index (κ2) is 9.37. The fourth-order valence-corrected chi connectivity index (χ4v) is 3.79. The SMILES string of the molecule is Cc1ncc(C(=O)N2CCO[C@H](c3cc(C(=O)NCCO)c4ccccc4n3)C2)c(C)n1. The molecule has 3 heterocycles. The number of hydrogen-bond acceptors (Lipinski definition) is 7. The molecule has 32 heavy (non-hydrogen) atoms. The molecule has 9 heteroatoms. The number of rotatable bonds is 5. The molecule has 0 spiro atoms. The van der Waals surface area contributed by atoms with Crippen LogP contribution in [0.3, 0.4) is 0 Å². The van der Waals surface area contributed by atoms with Gasteiger partial charge in [-0.3, -0.25) is 9.59 Å². The molecule has 1 atom stereocenters. The molecule has 4 rings (SSSR count). The first kappa shape index (κ1) is 21.8. The molecule has 0 saturated carbocycles. The van der Waals surface area contributed by atoms with E-state index in [0.29, 0.717) is 58.9 Å². The number of pyridine rings is 1. The average molecular weight is 435 g/mol. The molecule has 0 aliphatic carbocycles. The Morgan fingerprint density at radius 2 is 2.03 bits per heavy atom. The second-order valence-corrected chi connectivity index (χ2v) is 7.62. The van der Waals surface area contributed by atoms with Gasteiger partial charge >= 0.3 is 0 Å². The molecule has 2 aromatic heterocycles. The highest BCUT2D eigenvalue weighted by Gasteiger charge is 2.29. The van der Waals surface area contributed by atoms with E-state index in [-0.39, 0.29) is 25.0 Å². The first-order valence-corrected chi connectivity index (χ1v) is 10.5. The fourth-order valence-electron chi connectivity index (χ4n) is 3.79. The summed E-state index contributed by atoms with van der Waals surface area (Å²) in [7, 11) is 0. The van der Waals surface area contributed by atoms with Crippen LogP contribution in [-0.4, -0.2) is 69.6 Å². The molecule has 1 aliphatic heterocycles. The number of morpholine rings is 1. The summed E-state index contributed by atoms with van der Waals surface area (Å²) in [6.45, 7) is 4.68. The number of fused-ring (bicyclic) bond motifs is 1. The Bertz CT molecular complexity index is 1170. The van der Waals surface area contributed by atoms with Crippen LogP contribution in [0.1, 0.15) is 44.0 Å². The lowest BCUT2D eigenvalue weighted by Crippen LogP contribution is -2.43. The van der Waals surface area contributed by atoms with Gasteiger partial charge in [0.15, 0.2) is 0 Å². The van der Waals surface area contributed by atoms with Gasteiger partial charge in [-0.05, 0) is 26.0 Å². The van der Waals surface area contributed by atoms with Gasteiger partial charge in [0.2, 0.25) is 0 Å². The molecule has 0 radical (unpaired) electrons. The molecular formula is C23H25N5O4. The summed E-state index contributed by atoms with van der Waals surface area (Å²) in [5.41, 5.74) is 2.79. The molecule has 2 N–H and O–H groups in total. The minimum Gasteiger partial charge on any atom is -0.395 e. The molecule has 1 aromatic carbocycles. The maximum atomic E-state index is 13.1. The third-order valence-corrected chi connectivity index (χ3v) is 5.39. The third kappa shape index (κ3) is 4.44. The molecule has 3 aromatic rings. The Labute approximate surface area is 185 Å². The minimum atomic E-state index is -0.478. The zero-order chi connectivity index (χ0) is 22.7. The van der Waals surface area contributed by atoms with Gasteiger partial charge in [0.1, 0.15) is 11.9 Å². The number of aliphatic hydroxyl groups excluding tert-OH is 1.